The molecule has 0 aliphatic carbocycles. The summed E-state index contributed by atoms with van der Waals surface area (Å²) < 4.78 is 10.3. The highest BCUT2D eigenvalue weighted by molar-refractivity contribution is 5.79. The highest BCUT2D eigenvalue weighted by Gasteiger charge is 2.53. The normalized spacial score (nSPS) is 18.5. The average Bonchev–Trinajstić information content (AvgIpc) is 2.34. The zero-order chi connectivity index (χ0) is 14.0. The van der Waals surface area contributed by atoms with Crippen LogP contribution in [0.15, 0.2) is 18.2 Å². The molecule has 1 N–H and O–H groups in total. The van der Waals surface area contributed by atoms with Crippen molar-refractivity contribution < 1.29 is 14.3 Å². The number of esters is 1. The van der Waals surface area contributed by atoms with Crippen molar-refractivity contribution in [2.24, 2.45) is 5.41 Å². The molecular formula is C15H21NO3. The lowest BCUT2D eigenvalue weighted by Gasteiger charge is -2.44. The Morgan fingerprint density at radius 3 is 2.53 bits per heavy atom. The number of benzene rings is 1. The third-order valence-electron chi connectivity index (χ3n) is 3.89. The third-order valence-corrected chi connectivity index (χ3v) is 3.89. The molecule has 0 saturated carbocycles. The summed E-state index contributed by atoms with van der Waals surface area (Å²) in [6.45, 7) is 4.93. The number of methoxy groups -OCH3 is 1. The number of carbonyl (C=O) groups is 1. The van der Waals surface area contributed by atoms with E-state index in [2.05, 4.69) is 37.4 Å². The first-order valence-electron chi connectivity index (χ1n) is 6.46. The van der Waals surface area contributed by atoms with Gasteiger partial charge in [0.25, 0.3) is 0 Å². The lowest BCUT2D eigenvalue weighted by atomic mass is 9.74. The van der Waals surface area contributed by atoms with Crippen molar-refractivity contribution >= 4 is 5.97 Å². The summed E-state index contributed by atoms with van der Waals surface area (Å²) >= 11 is 0. The minimum absolute atomic E-state index is 0.0886. The van der Waals surface area contributed by atoms with Crippen LogP contribution in [0, 0.1) is 19.3 Å². The van der Waals surface area contributed by atoms with E-state index in [4.69, 9.17) is 9.47 Å². The first-order valence-corrected chi connectivity index (χ1v) is 6.46. The van der Waals surface area contributed by atoms with Gasteiger partial charge in [0.2, 0.25) is 0 Å². The molecule has 0 bridgehead atoms. The number of hydrogen-bond donors (Lipinski definition) is 1. The Labute approximate surface area is 114 Å². The van der Waals surface area contributed by atoms with Crippen molar-refractivity contribution in [1.29, 1.82) is 0 Å². The van der Waals surface area contributed by atoms with Gasteiger partial charge in [0, 0.05) is 0 Å². The second-order valence-electron chi connectivity index (χ2n) is 5.22. The van der Waals surface area contributed by atoms with Gasteiger partial charge in [0.1, 0.15) is 5.41 Å². The zero-order valence-electron chi connectivity index (χ0n) is 11.9. The summed E-state index contributed by atoms with van der Waals surface area (Å²) in [5, 5.41) is 3.26. The molecule has 1 unspecified atom stereocenters. The molecule has 19 heavy (non-hydrogen) atoms. The van der Waals surface area contributed by atoms with Gasteiger partial charge in [-0.3, -0.25) is 4.79 Å². The molecule has 1 saturated heterocycles. The number of aryl methyl sites for hydroxylation is 2. The van der Waals surface area contributed by atoms with Crippen LogP contribution >= 0.6 is 0 Å². The summed E-state index contributed by atoms with van der Waals surface area (Å²) in [7, 11) is 3.30. The zero-order valence-corrected chi connectivity index (χ0v) is 11.9. The van der Waals surface area contributed by atoms with Crippen LogP contribution in [-0.4, -0.2) is 33.3 Å². The molecule has 1 aromatic carbocycles. The van der Waals surface area contributed by atoms with Gasteiger partial charge in [0.05, 0.1) is 26.4 Å². The number of nitrogens with one attached hydrogen (secondary N) is 1. The quantitative estimate of drug-likeness (QED) is 0.841. The van der Waals surface area contributed by atoms with E-state index >= 15 is 0 Å². The summed E-state index contributed by atoms with van der Waals surface area (Å²) in [5.41, 5.74) is 2.91. The van der Waals surface area contributed by atoms with Crippen LogP contribution in [0.5, 0.6) is 0 Å². The summed E-state index contributed by atoms with van der Waals surface area (Å²) in [5.74, 6) is -0.210. The van der Waals surface area contributed by atoms with E-state index in [9.17, 15) is 4.79 Å². The molecule has 4 nitrogen and oxygen atoms in total. The lowest BCUT2D eigenvalue weighted by Crippen LogP contribution is -2.57. The summed E-state index contributed by atoms with van der Waals surface area (Å²) in [6, 6.07) is 6.19. The number of ether oxygens (including phenoxy) is 2. The second kappa shape index (κ2) is 5.31. The Bertz CT molecular complexity index is 480. The minimum Gasteiger partial charge on any atom is -0.468 e. The van der Waals surface area contributed by atoms with Crippen molar-refractivity contribution in [2.75, 3.05) is 27.4 Å². The van der Waals surface area contributed by atoms with Gasteiger partial charge < -0.3 is 14.8 Å². The second-order valence-corrected chi connectivity index (χ2v) is 5.22. The Morgan fingerprint density at radius 1 is 1.42 bits per heavy atom. The number of hydrogen-bond acceptors (Lipinski definition) is 4. The first-order chi connectivity index (χ1) is 9.05. The molecule has 0 spiro atoms. The molecular weight excluding hydrogens is 242 g/mol. The van der Waals surface area contributed by atoms with Crippen LogP contribution in [0.25, 0.3) is 0 Å². The van der Waals surface area contributed by atoms with Gasteiger partial charge in [-0.15, -0.1) is 0 Å². The van der Waals surface area contributed by atoms with Gasteiger partial charge in [-0.1, -0.05) is 23.8 Å². The Morgan fingerprint density at radius 2 is 2.11 bits per heavy atom. The maximum absolute atomic E-state index is 12.1. The van der Waals surface area contributed by atoms with Crippen LogP contribution < -0.4 is 5.32 Å². The molecule has 1 heterocycles. The molecule has 0 amide bonds. The van der Waals surface area contributed by atoms with E-state index in [1.54, 1.807) is 0 Å². The molecule has 4 heteroatoms. The Hall–Kier alpha value is -1.39. The molecule has 1 aliphatic rings. The number of rotatable bonds is 4. The van der Waals surface area contributed by atoms with Gasteiger partial charge >= 0.3 is 5.97 Å². The van der Waals surface area contributed by atoms with Gasteiger partial charge in [-0.25, -0.2) is 0 Å². The van der Waals surface area contributed by atoms with Crippen LogP contribution in [0.2, 0.25) is 0 Å². The van der Waals surface area contributed by atoms with Gasteiger partial charge in [-0.2, -0.15) is 0 Å². The van der Waals surface area contributed by atoms with Crippen molar-refractivity contribution in [1.82, 2.24) is 5.32 Å². The maximum Gasteiger partial charge on any atom is 0.318 e. The van der Waals surface area contributed by atoms with Crippen molar-refractivity contribution in [3.05, 3.63) is 34.9 Å². The van der Waals surface area contributed by atoms with E-state index < -0.39 is 5.41 Å². The van der Waals surface area contributed by atoms with E-state index in [0.717, 1.165) is 5.56 Å². The van der Waals surface area contributed by atoms with Crippen LogP contribution in [0.1, 0.15) is 22.7 Å². The van der Waals surface area contributed by atoms with Crippen LogP contribution in [0.4, 0.5) is 0 Å². The first kappa shape index (κ1) is 14.0. The van der Waals surface area contributed by atoms with Crippen LogP contribution in [-0.2, 0) is 14.3 Å². The SMILES string of the molecule is CNC(c1ccc(C)cc1C)C1(C(=O)OC)COC1. The fraction of sp³-hybridized carbons (Fsp3) is 0.533. The molecule has 0 radical (unpaired) electrons. The van der Waals surface area contributed by atoms with Crippen LogP contribution in [0.3, 0.4) is 0 Å². The smallest absolute Gasteiger partial charge is 0.318 e. The molecule has 1 aliphatic heterocycles. The summed E-state index contributed by atoms with van der Waals surface area (Å²) in [6.07, 6.45) is 0. The molecule has 1 fully saturated rings. The van der Waals surface area contributed by atoms with Gasteiger partial charge in [0.15, 0.2) is 0 Å². The third kappa shape index (κ3) is 2.26. The topological polar surface area (TPSA) is 47.6 Å². The van der Waals surface area contributed by atoms with Gasteiger partial charge in [-0.05, 0) is 32.0 Å². The van der Waals surface area contributed by atoms with Crippen molar-refractivity contribution in [2.45, 2.75) is 19.9 Å². The average molecular weight is 263 g/mol. The maximum atomic E-state index is 12.1. The standard InChI is InChI=1S/C15H21NO3/c1-10-5-6-12(11(2)7-10)13(16-3)15(8-19-9-15)14(17)18-4/h5-7,13,16H,8-9H2,1-4H3. The van der Waals surface area contributed by atoms with Crippen molar-refractivity contribution in [3.8, 4) is 0 Å². The van der Waals surface area contributed by atoms with E-state index in [-0.39, 0.29) is 12.0 Å². The monoisotopic (exact) mass is 263 g/mol. The van der Waals surface area contributed by atoms with E-state index in [1.807, 2.05) is 7.05 Å². The predicted molar refractivity (Wildman–Crippen MR) is 73.0 cm³/mol. The highest BCUT2D eigenvalue weighted by atomic mass is 16.5. The number of carbonyl (C=O) groups excluding carboxylic acids is 1. The molecule has 2 rings (SSSR count). The fourth-order valence-electron chi connectivity index (χ4n) is 2.81. The van der Waals surface area contributed by atoms with E-state index in [1.165, 1.54) is 18.2 Å². The summed E-state index contributed by atoms with van der Waals surface area (Å²) in [4.78, 5) is 12.1. The molecule has 1 aromatic rings. The Kier molecular flexibility index (Phi) is 3.92. The molecule has 0 aromatic heterocycles. The minimum atomic E-state index is -0.608. The highest BCUT2D eigenvalue weighted by Crippen LogP contribution is 2.42. The molecule has 104 valence electrons. The fourth-order valence-corrected chi connectivity index (χ4v) is 2.81. The Balaban J connectivity index is 2.41. The van der Waals surface area contributed by atoms with E-state index in [0.29, 0.717) is 13.2 Å². The largest absolute Gasteiger partial charge is 0.468 e. The molecule has 1 atom stereocenters. The lowest BCUT2D eigenvalue weighted by molar-refractivity contribution is -0.190. The van der Waals surface area contributed by atoms with Crippen molar-refractivity contribution in [3.63, 3.8) is 0 Å². The predicted octanol–water partition coefficient (Wildman–Crippen LogP) is 1.75.